The average Bonchev–Trinajstić information content (AvgIpc) is 2.22. The smallest absolute Gasteiger partial charge is 0.234 e. The molecule has 0 aliphatic heterocycles. The van der Waals surface area contributed by atoms with Crippen LogP contribution >= 0.6 is 15.9 Å². The molecule has 0 unspecified atom stereocenters. The van der Waals surface area contributed by atoms with Crippen molar-refractivity contribution < 1.29 is 8.42 Å². The van der Waals surface area contributed by atoms with Crippen LogP contribution in [0.25, 0.3) is 0 Å². The van der Waals surface area contributed by atoms with Gasteiger partial charge in [0, 0.05) is 11.0 Å². The van der Waals surface area contributed by atoms with Crippen LogP contribution in [-0.2, 0) is 10.0 Å². The summed E-state index contributed by atoms with van der Waals surface area (Å²) in [7, 11) is -3.28. The van der Waals surface area contributed by atoms with Crippen LogP contribution in [0, 0.1) is 6.92 Å². The number of nitrogens with one attached hydrogen (secondary N) is 2. The number of rotatable bonds is 6. The summed E-state index contributed by atoms with van der Waals surface area (Å²) in [6, 6.07) is 5.50. The zero-order valence-electron chi connectivity index (χ0n) is 9.96. The Bertz CT molecular complexity index is 474. The second-order valence-electron chi connectivity index (χ2n) is 3.76. The molecule has 0 atom stereocenters. The number of hydrogen-bond acceptors (Lipinski definition) is 3. The van der Waals surface area contributed by atoms with E-state index in [9.17, 15) is 8.42 Å². The molecule has 0 radical (unpaired) electrons. The highest BCUT2D eigenvalue weighted by atomic mass is 79.9. The van der Waals surface area contributed by atoms with Gasteiger partial charge in [-0.25, -0.2) is 8.42 Å². The van der Waals surface area contributed by atoms with E-state index in [0.717, 1.165) is 16.6 Å². The number of sulfonamides is 1. The van der Waals surface area contributed by atoms with Crippen LogP contribution in [0.4, 0.5) is 5.69 Å². The molecule has 0 saturated carbocycles. The van der Waals surface area contributed by atoms with Gasteiger partial charge < -0.3 is 5.32 Å². The van der Waals surface area contributed by atoms with Crippen LogP contribution in [0.5, 0.6) is 0 Å². The number of hydrogen-bond donors (Lipinski definition) is 2. The van der Waals surface area contributed by atoms with Gasteiger partial charge in [0.2, 0.25) is 10.0 Å². The number of anilines is 1. The van der Waals surface area contributed by atoms with Crippen LogP contribution in [-0.4, -0.2) is 27.3 Å². The highest BCUT2D eigenvalue weighted by Crippen LogP contribution is 2.24. The van der Waals surface area contributed by atoms with Crippen LogP contribution < -0.4 is 10.0 Å². The molecule has 1 rings (SSSR count). The van der Waals surface area contributed by atoms with Crippen molar-refractivity contribution in [3.8, 4) is 0 Å². The lowest BCUT2D eigenvalue weighted by Gasteiger charge is -2.10. The zero-order valence-corrected chi connectivity index (χ0v) is 12.4. The maximum Gasteiger partial charge on any atom is 0.234 e. The fourth-order valence-electron chi connectivity index (χ4n) is 1.30. The monoisotopic (exact) mass is 320 g/mol. The highest BCUT2D eigenvalue weighted by Gasteiger charge is 2.11. The molecule has 0 aromatic heterocycles. The van der Waals surface area contributed by atoms with Crippen molar-refractivity contribution in [1.29, 1.82) is 0 Å². The van der Waals surface area contributed by atoms with E-state index in [1.807, 2.05) is 26.0 Å². The normalized spacial score (nSPS) is 11.5. The summed E-state index contributed by atoms with van der Waals surface area (Å²) in [6.07, 6.45) is 0. The second kappa shape index (κ2) is 6.37. The van der Waals surface area contributed by atoms with Crippen molar-refractivity contribution in [3.05, 3.63) is 28.2 Å². The molecular formula is C11H17BrN2O2S. The van der Waals surface area contributed by atoms with Gasteiger partial charge in [0.15, 0.2) is 0 Å². The largest absolute Gasteiger partial charge is 0.316 e. The highest BCUT2D eigenvalue weighted by molar-refractivity contribution is 9.10. The molecule has 6 heteroatoms. The molecule has 17 heavy (non-hydrogen) atoms. The van der Waals surface area contributed by atoms with E-state index >= 15 is 0 Å². The van der Waals surface area contributed by atoms with Crippen LogP contribution in [0.3, 0.4) is 0 Å². The van der Waals surface area contributed by atoms with Crippen molar-refractivity contribution in [1.82, 2.24) is 5.32 Å². The lowest BCUT2D eigenvalue weighted by molar-refractivity contribution is 0.597. The molecule has 0 spiro atoms. The Hall–Kier alpha value is -0.590. The molecule has 0 bridgehead atoms. The fourth-order valence-corrected chi connectivity index (χ4v) is 3.06. The van der Waals surface area contributed by atoms with Gasteiger partial charge in [0.05, 0.1) is 11.4 Å². The summed E-state index contributed by atoms with van der Waals surface area (Å²) in [4.78, 5) is 0. The van der Waals surface area contributed by atoms with Crippen molar-refractivity contribution in [2.24, 2.45) is 0 Å². The van der Waals surface area contributed by atoms with Gasteiger partial charge >= 0.3 is 0 Å². The van der Waals surface area contributed by atoms with E-state index in [2.05, 4.69) is 26.0 Å². The van der Waals surface area contributed by atoms with Gasteiger partial charge in [-0.1, -0.05) is 13.0 Å². The van der Waals surface area contributed by atoms with Gasteiger partial charge in [0.1, 0.15) is 0 Å². The van der Waals surface area contributed by atoms with Crippen LogP contribution in [0.2, 0.25) is 0 Å². The molecule has 96 valence electrons. The topological polar surface area (TPSA) is 58.2 Å². The van der Waals surface area contributed by atoms with Crippen LogP contribution in [0.1, 0.15) is 12.5 Å². The molecule has 0 fully saturated rings. The number of halogens is 1. The third-order valence-electron chi connectivity index (χ3n) is 2.19. The molecule has 0 heterocycles. The molecule has 0 aliphatic carbocycles. The Labute approximate surface area is 111 Å². The lowest BCUT2D eigenvalue weighted by Crippen LogP contribution is -2.26. The van der Waals surface area contributed by atoms with Crippen molar-refractivity contribution >= 4 is 31.6 Å². The molecule has 0 aliphatic rings. The van der Waals surface area contributed by atoms with E-state index in [1.165, 1.54) is 0 Å². The van der Waals surface area contributed by atoms with Crippen LogP contribution in [0.15, 0.2) is 22.7 Å². The molecular weight excluding hydrogens is 304 g/mol. The van der Waals surface area contributed by atoms with Gasteiger partial charge in [-0.15, -0.1) is 0 Å². The predicted octanol–water partition coefficient (Wildman–Crippen LogP) is 2.11. The summed E-state index contributed by atoms with van der Waals surface area (Å²) in [5.41, 5.74) is 1.65. The van der Waals surface area contributed by atoms with E-state index in [-0.39, 0.29) is 5.75 Å². The summed E-state index contributed by atoms with van der Waals surface area (Å²) >= 11 is 3.34. The van der Waals surface area contributed by atoms with Gasteiger partial charge in [-0.2, -0.15) is 0 Å². The first-order chi connectivity index (χ1) is 7.94. The molecule has 0 saturated heterocycles. The second-order valence-corrected chi connectivity index (χ2v) is 6.45. The molecule has 2 N–H and O–H groups in total. The van der Waals surface area contributed by atoms with E-state index < -0.39 is 10.0 Å². The van der Waals surface area contributed by atoms with Gasteiger partial charge in [-0.05, 0) is 47.1 Å². The quantitative estimate of drug-likeness (QED) is 0.789. The molecule has 1 aromatic rings. The number of benzene rings is 1. The third kappa shape index (κ3) is 5.06. The zero-order chi connectivity index (χ0) is 12.9. The third-order valence-corrected chi connectivity index (χ3v) is 4.12. The summed E-state index contributed by atoms with van der Waals surface area (Å²) < 4.78 is 26.8. The fraction of sp³-hybridized carbons (Fsp3) is 0.455. The van der Waals surface area contributed by atoms with Gasteiger partial charge in [-0.3, -0.25) is 4.72 Å². The Morgan fingerprint density at radius 3 is 2.65 bits per heavy atom. The van der Waals surface area contributed by atoms with E-state index in [0.29, 0.717) is 12.2 Å². The molecule has 1 aromatic carbocycles. The first-order valence-corrected chi connectivity index (χ1v) is 7.86. The Balaban J connectivity index is 2.69. The number of aryl methyl sites for hydroxylation is 1. The Morgan fingerprint density at radius 2 is 2.06 bits per heavy atom. The standard InChI is InChI=1S/C11H17BrN2O2S/c1-3-13-6-7-17(15,16)14-11-5-4-9(2)8-10(11)12/h4-5,8,13-14H,3,6-7H2,1-2H3. The predicted molar refractivity (Wildman–Crippen MR) is 74.8 cm³/mol. The van der Waals surface area contributed by atoms with Crippen molar-refractivity contribution in [2.45, 2.75) is 13.8 Å². The molecule has 0 amide bonds. The minimum absolute atomic E-state index is 0.0706. The SMILES string of the molecule is CCNCCS(=O)(=O)Nc1ccc(C)cc1Br. The van der Waals surface area contributed by atoms with Gasteiger partial charge in [0.25, 0.3) is 0 Å². The molecule has 4 nitrogen and oxygen atoms in total. The van der Waals surface area contributed by atoms with Crippen molar-refractivity contribution in [2.75, 3.05) is 23.6 Å². The maximum absolute atomic E-state index is 11.7. The van der Waals surface area contributed by atoms with Crippen molar-refractivity contribution in [3.63, 3.8) is 0 Å². The summed E-state index contributed by atoms with van der Waals surface area (Å²) in [5, 5.41) is 2.98. The Kier molecular flexibility index (Phi) is 5.42. The summed E-state index contributed by atoms with van der Waals surface area (Å²) in [5.74, 6) is 0.0706. The van der Waals surface area contributed by atoms with E-state index in [4.69, 9.17) is 0 Å². The minimum Gasteiger partial charge on any atom is -0.316 e. The average molecular weight is 321 g/mol. The minimum atomic E-state index is -3.28. The lowest BCUT2D eigenvalue weighted by atomic mass is 10.2. The first kappa shape index (κ1) is 14.5. The summed E-state index contributed by atoms with van der Waals surface area (Å²) in [6.45, 7) is 5.11. The van der Waals surface area contributed by atoms with E-state index in [1.54, 1.807) is 6.07 Å². The maximum atomic E-state index is 11.7. The Morgan fingerprint density at radius 1 is 1.35 bits per heavy atom. The first-order valence-electron chi connectivity index (χ1n) is 5.42.